The number of carbonyl (C=O) groups excluding carboxylic acids is 1. The molecule has 0 bridgehead atoms. The molecule has 1 aliphatic heterocycles. The van der Waals surface area contributed by atoms with Crippen molar-refractivity contribution in [2.75, 3.05) is 23.3 Å². The van der Waals surface area contributed by atoms with Gasteiger partial charge in [-0.25, -0.2) is 4.98 Å². The molecule has 4 rings (SSSR count). The summed E-state index contributed by atoms with van der Waals surface area (Å²) in [6.45, 7) is 7.52. The lowest BCUT2D eigenvalue weighted by atomic mass is 9.94. The Bertz CT molecular complexity index is 1140. The molecule has 0 saturated carbocycles. The van der Waals surface area contributed by atoms with Crippen LogP contribution in [0.4, 0.5) is 11.5 Å². The number of nitrogens with one attached hydrogen (secondary N) is 1. The number of nitrogens with zero attached hydrogens (tertiary/aromatic N) is 4. The molecule has 0 radical (unpaired) electrons. The van der Waals surface area contributed by atoms with E-state index in [1.54, 1.807) is 12.4 Å². The zero-order valence-corrected chi connectivity index (χ0v) is 17.6. The molecule has 0 spiro atoms. The van der Waals surface area contributed by atoms with Gasteiger partial charge in [0.15, 0.2) is 0 Å². The first-order chi connectivity index (χ1) is 14.5. The van der Waals surface area contributed by atoms with E-state index in [0.29, 0.717) is 11.4 Å². The van der Waals surface area contributed by atoms with Crippen molar-refractivity contribution in [3.05, 3.63) is 58.9 Å². The highest BCUT2D eigenvalue weighted by molar-refractivity contribution is 5.97. The Kier molecular flexibility index (Phi) is 5.37. The SMILES string of the molecule is Cc1ccc(NC(=O)C2CCN(c3c(C#N)cnc4c(C)cc(C)cc34)CC2)nc1. The average molecular weight is 399 g/mol. The van der Waals surface area contributed by atoms with Crippen molar-refractivity contribution < 1.29 is 4.79 Å². The van der Waals surface area contributed by atoms with Gasteiger partial charge in [0, 0.05) is 36.8 Å². The van der Waals surface area contributed by atoms with Gasteiger partial charge in [0.25, 0.3) is 0 Å². The number of rotatable bonds is 3. The topological polar surface area (TPSA) is 81.9 Å². The molecule has 2 aromatic heterocycles. The van der Waals surface area contributed by atoms with Crippen molar-refractivity contribution in [3.8, 4) is 6.07 Å². The molecule has 3 heterocycles. The van der Waals surface area contributed by atoms with E-state index < -0.39 is 0 Å². The Morgan fingerprint density at radius 1 is 1.10 bits per heavy atom. The summed E-state index contributed by atoms with van der Waals surface area (Å²) in [5, 5.41) is 13.6. The van der Waals surface area contributed by atoms with Crippen LogP contribution in [-0.4, -0.2) is 29.0 Å². The smallest absolute Gasteiger partial charge is 0.228 e. The Morgan fingerprint density at radius 3 is 2.53 bits per heavy atom. The second kappa shape index (κ2) is 8.11. The molecule has 1 aromatic carbocycles. The molecule has 0 unspecified atom stereocenters. The van der Waals surface area contributed by atoms with Gasteiger partial charge in [-0.15, -0.1) is 0 Å². The maximum absolute atomic E-state index is 12.7. The summed E-state index contributed by atoms with van der Waals surface area (Å²) in [6.07, 6.45) is 4.89. The van der Waals surface area contributed by atoms with Gasteiger partial charge in [-0.1, -0.05) is 17.7 Å². The minimum Gasteiger partial charge on any atom is -0.370 e. The number of amides is 1. The van der Waals surface area contributed by atoms with Gasteiger partial charge in [-0.2, -0.15) is 5.26 Å². The fraction of sp³-hybridized carbons (Fsp3) is 0.333. The average Bonchev–Trinajstić information content (AvgIpc) is 2.74. The molecular weight excluding hydrogens is 374 g/mol. The van der Waals surface area contributed by atoms with Crippen LogP contribution in [0.25, 0.3) is 10.9 Å². The number of benzene rings is 1. The number of anilines is 2. The van der Waals surface area contributed by atoms with E-state index in [4.69, 9.17) is 0 Å². The van der Waals surface area contributed by atoms with Crippen LogP contribution < -0.4 is 10.2 Å². The summed E-state index contributed by atoms with van der Waals surface area (Å²) in [7, 11) is 0. The molecule has 0 aliphatic carbocycles. The zero-order chi connectivity index (χ0) is 21.3. The summed E-state index contributed by atoms with van der Waals surface area (Å²) >= 11 is 0. The first-order valence-corrected chi connectivity index (χ1v) is 10.2. The van der Waals surface area contributed by atoms with E-state index in [1.807, 2.05) is 26.0 Å². The molecule has 0 atom stereocenters. The van der Waals surface area contributed by atoms with Gasteiger partial charge < -0.3 is 10.2 Å². The number of aromatic nitrogens is 2. The van der Waals surface area contributed by atoms with E-state index in [-0.39, 0.29) is 11.8 Å². The van der Waals surface area contributed by atoms with Crippen molar-refractivity contribution in [1.29, 1.82) is 5.26 Å². The van der Waals surface area contributed by atoms with E-state index in [0.717, 1.165) is 59.2 Å². The Labute approximate surface area is 176 Å². The lowest BCUT2D eigenvalue weighted by Gasteiger charge is -2.34. The van der Waals surface area contributed by atoms with Crippen LogP contribution in [0.15, 0.2) is 36.7 Å². The fourth-order valence-electron chi connectivity index (χ4n) is 4.21. The summed E-state index contributed by atoms with van der Waals surface area (Å²) in [6, 6.07) is 10.3. The molecule has 1 saturated heterocycles. The highest BCUT2D eigenvalue weighted by Crippen LogP contribution is 2.34. The molecule has 1 N–H and O–H groups in total. The lowest BCUT2D eigenvalue weighted by molar-refractivity contribution is -0.120. The molecular formula is C24H25N5O. The van der Waals surface area contributed by atoms with Crippen LogP contribution in [0.5, 0.6) is 0 Å². The number of hydrogen-bond acceptors (Lipinski definition) is 5. The van der Waals surface area contributed by atoms with E-state index in [2.05, 4.69) is 45.3 Å². The first kappa shape index (κ1) is 19.8. The van der Waals surface area contributed by atoms with Crippen molar-refractivity contribution in [2.24, 2.45) is 5.92 Å². The normalized spacial score (nSPS) is 14.5. The van der Waals surface area contributed by atoms with Crippen LogP contribution in [0.3, 0.4) is 0 Å². The monoisotopic (exact) mass is 399 g/mol. The highest BCUT2D eigenvalue weighted by atomic mass is 16.1. The van der Waals surface area contributed by atoms with Crippen LogP contribution in [0.2, 0.25) is 0 Å². The first-order valence-electron chi connectivity index (χ1n) is 10.2. The van der Waals surface area contributed by atoms with Crippen molar-refractivity contribution >= 4 is 28.3 Å². The number of nitriles is 1. The minimum absolute atomic E-state index is 0.0118. The van der Waals surface area contributed by atoms with E-state index >= 15 is 0 Å². The second-order valence-electron chi connectivity index (χ2n) is 8.08. The van der Waals surface area contributed by atoms with E-state index in [1.165, 1.54) is 0 Å². The maximum Gasteiger partial charge on any atom is 0.228 e. The quantitative estimate of drug-likeness (QED) is 0.711. The molecule has 1 aliphatic rings. The van der Waals surface area contributed by atoms with Crippen LogP contribution in [0, 0.1) is 38.0 Å². The Balaban J connectivity index is 1.54. The second-order valence-corrected chi connectivity index (χ2v) is 8.08. The van der Waals surface area contributed by atoms with Crippen LogP contribution in [-0.2, 0) is 4.79 Å². The van der Waals surface area contributed by atoms with E-state index in [9.17, 15) is 10.1 Å². The number of carbonyl (C=O) groups is 1. The summed E-state index contributed by atoms with van der Waals surface area (Å²) in [5.74, 6) is 0.537. The molecule has 1 amide bonds. The van der Waals surface area contributed by atoms with Gasteiger partial charge in [0.05, 0.1) is 16.8 Å². The molecule has 152 valence electrons. The summed E-state index contributed by atoms with van der Waals surface area (Å²) in [4.78, 5) is 23.7. The van der Waals surface area contributed by atoms with Gasteiger partial charge in [-0.3, -0.25) is 9.78 Å². The van der Waals surface area contributed by atoms with Gasteiger partial charge >= 0.3 is 0 Å². The molecule has 30 heavy (non-hydrogen) atoms. The molecule has 1 fully saturated rings. The number of pyridine rings is 2. The van der Waals surface area contributed by atoms with Crippen molar-refractivity contribution in [1.82, 2.24) is 9.97 Å². The zero-order valence-electron chi connectivity index (χ0n) is 17.6. The van der Waals surface area contributed by atoms with Crippen molar-refractivity contribution in [3.63, 3.8) is 0 Å². The van der Waals surface area contributed by atoms with Gasteiger partial charge in [0.1, 0.15) is 11.9 Å². The number of aryl methyl sites for hydroxylation is 3. The molecule has 6 heteroatoms. The van der Waals surface area contributed by atoms with Gasteiger partial charge in [-0.05, 0) is 56.9 Å². The third-order valence-corrected chi connectivity index (χ3v) is 5.74. The maximum atomic E-state index is 12.7. The third-order valence-electron chi connectivity index (χ3n) is 5.74. The Hall–Kier alpha value is -3.46. The third kappa shape index (κ3) is 3.84. The standard InChI is InChI=1S/C24H25N5O/c1-15-4-5-21(26-13-15)28-24(30)18-6-8-29(9-7-18)23-19(12-25)14-27-22-17(3)10-16(2)11-20(22)23/h4-5,10-11,13-14,18H,6-9H2,1-3H3,(H,26,28,30). The predicted octanol–water partition coefficient (Wildman–Crippen LogP) is 4.28. The van der Waals surface area contributed by atoms with Crippen LogP contribution in [0.1, 0.15) is 35.1 Å². The highest BCUT2D eigenvalue weighted by Gasteiger charge is 2.27. The van der Waals surface area contributed by atoms with Crippen molar-refractivity contribution in [2.45, 2.75) is 33.6 Å². The lowest BCUT2D eigenvalue weighted by Crippen LogP contribution is -2.38. The van der Waals surface area contributed by atoms with Gasteiger partial charge in [0.2, 0.25) is 5.91 Å². The van der Waals surface area contributed by atoms with Crippen LogP contribution >= 0.6 is 0 Å². The fourth-order valence-corrected chi connectivity index (χ4v) is 4.21. The molecule has 3 aromatic rings. The summed E-state index contributed by atoms with van der Waals surface area (Å²) < 4.78 is 0. The molecule has 6 nitrogen and oxygen atoms in total. The summed E-state index contributed by atoms with van der Waals surface area (Å²) in [5.41, 5.74) is 5.77. The number of fused-ring (bicyclic) bond motifs is 1. The number of piperidine rings is 1. The number of hydrogen-bond donors (Lipinski definition) is 1. The predicted molar refractivity (Wildman–Crippen MR) is 118 cm³/mol. The largest absolute Gasteiger partial charge is 0.370 e. The Morgan fingerprint density at radius 2 is 1.87 bits per heavy atom. The minimum atomic E-state index is -0.0635.